The first-order valence-corrected chi connectivity index (χ1v) is 10.2. The van der Waals surface area contributed by atoms with Gasteiger partial charge in [-0.1, -0.05) is 62.7 Å². The molecule has 3 rings (SSSR count). The summed E-state index contributed by atoms with van der Waals surface area (Å²) in [5, 5.41) is 5.64. The summed E-state index contributed by atoms with van der Waals surface area (Å²) in [6, 6.07) is 14.2. The highest BCUT2D eigenvalue weighted by Gasteiger charge is 2.51. The van der Waals surface area contributed by atoms with Crippen LogP contribution in [0.5, 0.6) is 0 Å². The molecule has 0 radical (unpaired) electrons. The van der Waals surface area contributed by atoms with Crippen molar-refractivity contribution >= 4 is 17.8 Å². The van der Waals surface area contributed by atoms with E-state index in [1.807, 2.05) is 37.3 Å². The molecule has 1 aliphatic heterocycles. The summed E-state index contributed by atoms with van der Waals surface area (Å²) in [7, 11) is 0. The van der Waals surface area contributed by atoms with E-state index in [-0.39, 0.29) is 19.0 Å². The van der Waals surface area contributed by atoms with Gasteiger partial charge in [0.05, 0.1) is 6.04 Å². The summed E-state index contributed by atoms with van der Waals surface area (Å²) in [4.78, 5) is 39.3. The van der Waals surface area contributed by atoms with Gasteiger partial charge in [0.2, 0.25) is 5.91 Å². The maximum Gasteiger partial charge on any atom is 0.325 e. The number of carbonyl (C=O) groups excluding carboxylic acids is 3. The molecule has 0 spiro atoms. The first kappa shape index (κ1) is 21.5. The van der Waals surface area contributed by atoms with Crippen LogP contribution in [0.3, 0.4) is 0 Å². The lowest BCUT2D eigenvalue weighted by atomic mass is 9.87. The van der Waals surface area contributed by atoms with Crippen LogP contribution in [-0.2, 0) is 15.1 Å². The minimum Gasteiger partial charge on any atom is -0.348 e. The van der Waals surface area contributed by atoms with E-state index in [9.17, 15) is 18.8 Å². The van der Waals surface area contributed by atoms with Gasteiger partial charge in [-0.05, 0) is 36.1 Å². The number of nitrogens with zero attached hydrogens (tertiary/aromatic N) is 1. The van der Waals surface area contributed by atoms with E-state index in [4.69, 9.17) is 0 Å². The summed E-state index contributed by atoms with van der Waals surface area (Å²) in [5.41, 5.74) is 0.160. The average molecular weight is 411 g/mol. The third-order valence-electron chi connectivity index (χ3n) is 5.46. The van der Waals surface area contributed by atoms with Gasteiger partial charge in [-0.3, -0.25) is 14.5 Å². The van der Waals surface area contributed by atoms with Crippen molar-refractivity contribution in [3.63, 3.8) is 0 Å². The Morgan fingerprint density at radius 2 is 1.77 bits per heavy atom. The van der Waals surface area contributed by atoms with Gasteiger partial charge in [-0.2, -0.15) is 0 Å². The predicted octanol–water partition coefficient (Wildman–Crippen LogP) is 3.64. The molecule has 1 heterocycles. The summed E-state index contributed by atoms with van der Waals surface area (Å²) in [5.74, 6) is -1.35. The number of halogens is 1. The number of carbonyl (C=O) groups is 3. The van der Waals surface area contributed by atoms with E-state index in [1.165, 1.54) is 24.3 Å². The molecule has 4 amide bonds. The normalized spacial score (nSPS) is 19.5. The molecule has 30 heavy (non-hydrogen) atoms. The first-order valence-electron chi connectivity index (χ1n) is 10.2. The second kappa shape index (κ2) is 9.07. The zero-order valence-electron chi connectivity index (χ0n) is 17.2. The molecule has 1 aliphatic rings. The van der Waals surface area contributed by atoms with Crippen LogP contribution in [0, 0.1) is 5.82 Å². The van der Waals surface area contributed by atoms with Gasteiger partial charge >= 0.3 is 6.03 Å². The molecule has 1 saturated heterocycles. The lowest BCUT2D eigenvalue weighted by Gasteiger charge is -2.26. The highest BCUT2D eigenvalue weighted by molar-refractivity contribution is 6.09. The molecule has 6 nitrogen and oxygen atoms in total. The number of urea groups is 1. The second-order valence-electron chi connectivity index (χ2n) is 7.41. The van der Waals surface area contributed by atoms with Crippen LogP contribution in [0.15, 0.2) is 54.6 Å². The Morgan fingerprint density at radius 3 is 2.37 bits per heavy atom. The Morgan fingerprint density at radius 1 is 1.10 bits per heavy atom. The molecule has 2 N–H and O–H groups in total. The summed E-state index contributed by atoms with van der Waals surface area (Å²) in [6.45, 7) is 3.41. The molecule has 0 bridgehead atoms. The van der Waals surface area contributed by atoms with Crippen LogP contribution in [0.25, 0.3) is 0 Å². The molecule has 0 aliphatic carbocycles. The Kier molecular flexibility index (Phi) is 6.50. The lowest BCUT2D eigenvalue weighted by Crippen LogP contribution is -2.45. The van der Waals surface area contributed by atoms with E-state index in [0.29, 0.717) is 5.56 Å². The maximum absolute atomic E-state index is 13.3. The van der Waals surface area contributed by atoms with Crippen LogP contribution < -0.4 is 10.6 Å². The molecule has 2 aromatic carbocycles. The Bertz CT molecular complexity index is 917. The summed E-state index contributed by atoms with van der Waals surface area (Å²) in [6.07, 6.45) is 1.89. The smallest absolute Gasteiger partial charge is 0.325 e. The van der Waals surface area contributed by atoms with Crippen molar-refractivity contribution in [2.75, 3.05) is 6.54 Å². The fourth-order valence-electron chi connectivity index (χ4n) is 3.82. The number of nitrogens with one attached hydrogen (secondary N) is 2. The van der Waals surface area contributed by atoms with E-state index >= 15 is 0 Å². The zero-order valence-corrected chi connectivity index (χ0v) is 17.2. The average Bonchev–Trinajstić information content (AvgIpc) is 2.99. The zero-order chi connectivity index (χ0) is 21.7. The van der Waals surface area contributed by atoms with E-state index < -0.39 is 29.2 Å². The molecule has 1 fully saturated rings. The van der Waals surface area contributed by atoms with E-state index in [1.54, 1.807) is 6.92 Å². The number of hydrogen-bond donors (Lipinski definition) is 2. The van der Waals surface area contributed by atoms with Gasteiger partial charge in [0.1, 0.15) is 17.9 Å². The fraction of sp³-hybridized carbons (Fsp3) is 0.348. The van der Waals surface area contributed by atoms with Gasteiger partial charge in [0.25, 0.3) is 5.91 Å². The topological polar surface area (TPSA) is 78.5 Å². The molecule has 0 unspecified atom stereocenters. The number of hydrogen-bond acceptors (Lipinski definition) is 3. The van der Waals surface area contributed by atoms with Crippen molar-refractivity contribution in [3.05, 3.63) is 71.5 Å². The third-order valence-corrected chi connectivity index (χ3v) is 5.46. The van der Waals surface area contributed by atoms with Crippen molar-refractivity contribution in [1.82, 2.24) is 15.5 Å². The highest BCUT2D eigenvalue weighted by atomic mass is 19.1. The van der Waals surface area contributed by atoms with E-state index in [0.717, 1.165) is 23.3 Å². The molecular formula is C23H26FN3O3. The Balaban J connectivity index is 1.76. The minimum absolute atomic E-state index is 0.197. The summed E-state index contributed by atoms with van der Waals surface area (Å²) < 4.78 is 13.3. The molecule has 7 heteroatoms. The molecule has 2 atom stereocenters. The quantitative estimate of drug-likeness (QED) is 0.651. The second-order valence-corrected chi connectivity index (χ2v) is 7.41. The Labute approximate surface area is 175 Å². The van der Waals surface area contributed by atoms with Gasteiger partial charge in [0, 0.05) is 0 Å². The molecule has 158 valence electrons. The van der Waals surface area contributed by atoms with Crippen molar-refractivity contribution in [1.29, 1.82) is 0 Å². The van der Waals surface area contributed by atoms with Gasteiger partial charge < -0.3 is 10.6 Å². The van der Waals surface area contributed by atoms with Gasteiger partial charge in [0.15, 0.2) is 0 Å². The number of rotatable bonds is 8. The maximum atomic E-state index is 13.3. The van der Waals surface area contributed by atoms with Crippen LogP contribution >= 0.6 is 0 Å². The predicted molar refractivity (Wildman–Crippen MR) is 111 cm³/mol. The Hall–Kier alpha value is -3.22. The van der Waals surface area contributed by atoms with E-state index in [2.05, 4.69) is 10.6 Å². The largest absolute Gasteiger partial charge is 0.348 e. The van der Waals surface area contributed by atoms with Gasteiger partial charge in [-0.15, -0.1) is 0 Å². The molecule has 0 saturated carbocycles. The van der Waals surface area contributed by atoms with Crippen molar-refractivity contribution in [2.45, 2.75) is 44.7 Å². The number of benzene rings is 2. The first-order chi connectivity index (χ1) is 14.4. The standard InChI is InChI=1S/C23H26FN3O3/c1-3-8-19(16-9-6-5-7-10-16)25-20(28)15-27-21(29)23(4-2,26-22(27)30)17-11-13-18(24)14-12-17/h5-7,9-14,19H,3-4,8,15H2,1-2H3,(H,25,28)(H,26,30)/t19-,23-/m1/s1. The highest BCUT2D eigenvalue weighted by Crippen LogP contribution is 2.32. The molecule has 2 aromatic rings. The van der Waals surface area contributed by atoms with Gasteiger partial charge in [-0.25, -0.2) is 9.18 Å². The molecule has 0 aromatic heterocycles. The SMILES string of the molecule is CCC[C@@H](NC(=O)CN1C(=O)N[C@](CC)(c2ccc(F)cc2)C1=O)c1ccccc1. The van der Waals surface area contributed by atoms with Crippen LogP contribution in [0.1, 0.15) is 50.3 Å². The van der Waals surface area contributed by atoms with Crippen LogP contribution in [0.2, 0.25) is 0 Å². The number of imide groups is 1. The minimum atomic E-state index is -1.30. The third kappa shape index (κ3) is 4.20. The molecular weight excluding hydrogens is 385 g/mol. The van der Waals surface area contributed by atoms with Crippen molar-refractivity contribution < 1.29 is 18.8 Å². The fourth-order valence-corrected chi connectivity index (χ4v) is 3.82. The van der Waals surface area contributed by atoms with Crippen LogP contribution in [0.4, 0.5) is 9.18 Å². The van der Waals surface area contributed by atoms with Crippen LogP contribution in [-0.4, -0.2) is 29.3 Å². The number of amides is 4. The van der Waals surface area contributed by atoms with Crippen molar-refractivity contribution in [3.8, 4) is 0 Å². The monoisotopic (exact) mass is 411 g/mol. The van der Waals surface area contributed by atoms with Crippen molar-refractivity contribution in [2.24, 2.45) is 0 Å². The summed E-state index contributed by atoms with van der Waals surface area (Å²) >= 11 is 0. The lowest BCUT2D eigenvalue weighted by molar-refractivity contribution is -0.135.